The zero-order valence-electron chi connectivity index (χ0n) is 14.9. The first-order valence-electron chi connectivity index (χ1n) is 7.86. The molecule has 3 aromatic rings. The minimum absolute atomic E-state index is 0. The summed E-state index contributed by atoms with van der Waals surface area (Å²) >= 11 is 1.18. The predicted octanol–water partition coefficient (Wildman–Crippen LogP) is 5.30. The van der Waals surface area contributed by atoms with Gasteiger partial charge in [-0.3, -0.25) is 9.79 Å². The van der Waals surface area contributed by atoms with E-state index in [2.05, 4.69) is 0 Å². The van der Waals surface area contributed by atoms with Crippen LogP contribution in [0.5, 0.6) is 0 Å². The van der Waals surface area contributed by atoms with Gasteiger partial charge in [-0.15, -0.1) is 0 Å². The van der Waals surface area contributed by atoms with E-state index < -0.39 is 7.82 Å². The van der Waals surface area contributed by atoms with E-state index in [-0.39, 0.29) is 70.5 Å². The third-order valence-corrected chi connectivity index (χ3v) is 5.01. The molecule has 0 saturated heterocycles. The van der Waals surface area contributed by atoms with Gasteiger partial charge in [-0.1, -0.05) is 90.6 Å². The third kappa shape index (κ3) is 7.97. The van der Waals surface area contributed by atoms with Crippen molar-refractivity contribution in [2.75, 3.05) is 0 Å². The predicted molar refractivity (Wildman–Crippen MR) is 104 cm³/mol. The summed E-state index contributed by atoms with van der Waals surface area (Å²) in [6.07, 6.45) is 0. The molecule has 2 N–H and O–H groups in total. The van der Waals surface area contributed by atoms with Gasteiger partial charge in [0, 0.05) is 75.9 Å². The molecule has 28 heavy (non-hydrogen) atoms. The second-order valence-electron chi connectivity index (χ2n) is 5.39. The molecule has 0 bridgehead atoms. The summed E-state index contributed by atoms with van der Waals surface area (Å²) in [6.45, 7) is 0. The number of benzene rings is 3. The fourth-order valence-electron chi connectivity index (χ4n) is 2.43. The van der Waals surface area contributed by atoms with Crippen molar-refractivity contribution < 1.29 is 84.3 Å². The van der Waals surface area contributed by atoms with Crippen molar-refractivity contribution in [3.63, 3.8) is 0 Å². The van der Waals surface area contributed by atoms with E-state index in [4.69, 9.17) is 4.52 Å². The van der Waals surface area contributed by atoms with E-state index in [1.54, 1.807) is 0 Å². The van der Waals surface area contributed by atoms with Gasteiger partial charge in [0.25, 0.3) is 0 Å². The SMILES string of the molecule is O=P(O)(O)OC(Sc1ccccc1)=C(c1ccccc1)c1ccccc1.[Y].[Y]. The van der Waals surface area contributed by atoms with Crippen LogP contribution in [0.4, 0.5) is 0 Å². The van der Waals surface area contributed by atoms with Crippen molar-refractivity contribution in [3.05, 3.63) is 107 Å². The van der Waals surface area contributed by atoms with Crippen LogP contribution < -0.4 is 0 Å². The van der Waals surface area contributed by atoms with Crippen LogP contribution in [0.1, 0.15) is 11.1 Å². The van der Waals surface area contributed by atoms with Crippen LogP contribution in [-0.4, -0.2) is 9.79 Å². The molecule has 0 saturated carbocycles. The molecule has 0 spiro atoms. The molecule has 0 fully saturated rings. The maximum Gasteiger partial charge on any atom is 0.525 e. The fraction of sp³-hybridized carbons (Fsp3) is 0. The molecule has 0 aliphatic carbocycles. The first-order valence-corrected chi connectivity index (χ1v) is 10.2. The standard InChI is InChI=1S/C20H17O4PS.2Y/c21-25(22,23)24-20(26-18-14-8-3-9-15-18)19(16-10-4-1-5-11-16)17-12-6-2-7-13-17;;/h1-15H,(H2,21,22,23);;. The van der Waals surface area contributed by atoms with Crippen molar-refractivity contribution in [2.24, 2.45) is 0 Å². The topological polar surface area (TPSA) is 66.8 Å². The van der Waals surface area contributed by atoms with E-state index in [1.807, 2.05) is 91.0 Å². The maximum absolute atomic E-state index is 11.6. The van der Waals surface area contributed by atoms with Crippen LogP contribution in [0.3, 0.4) is 0 Å². The second-order valence-corrected chi connectivity index (χ2v) is 7.60. The zero-order chi connectivity index (χ0) is 18.4. The Balaban J connectivity index is 0.00000196. The van der Waals surface area contributed by atoms with Crippen LogP contribution >= 0.6 is 19.6 Å². The van der Waals surface area contributed by atoms with Gasteiger partial charge in [-0.25, -0.2) is 4.57 Å². The van der Waals surface area contributed by atoms with Gasteiger partial charge < -0.3 is 4.52 Å². The molecular formula is C20H17O4PSY2. The number of rotatable bonds is 6. The molecule has 3 aromatic carbocycles. The van der Waals surface area contributed by atoms with Crippen LogP contribution in [0, 0.1) is 0 Å². The first kappa shape index (κ1) is 25.9. The first-order chi connectivity index (χ1) is 12.5. The Morgan fingerprint density at radius 1 is 0.714 bits per heavy atom. The van der Waals surface area contributed by atoms with Crippen molar-refractivity contribution in [1.82, 2.24) is 0 Å². The summed E-state index contributed by atoms with van der Waals surface area (Å²) in [5.41, 5.74) is 2.25. The molecule has 8 heteroatoms. The molecule has 138 valence electrons. The van der Waals surface area contributed by atoms with Gasteiger partial charge in [0.15, 0.2) is 5.09 Å². The van der Waals surface area contributed by atoms with Crippen molar-refractivity contribution in [2.45, 2.75) is 4.90 Å². The Labute approximate surface area is 219 Å². The molecule has 0 unspecified atom stereocenters. The summed E-state index contributed by atoms with van der Waals surface area (Å²) < 4.78 is 16.7. The summed E-state index contributed by atoms with van der Waals surface area (Å²) in [5.74, 6) is 0. The molecule has 0 aliphatic rings. The summed E-state index contributed by atoms with van der Waals surface area (Å²) in [4.78, 5) is 19.7. The smallest absolute Gasteiger partial charge is 0.396 e. The minimum atomic E-state index is -4.73. The summed E-state index contributed by atoms with van der Waals surface area (Å²) in [7, 11) is -4.73. The van der Waals surface area contributed by atoms with Crippen LogP contribution in [0.25, 0.3) is 5.57 Å². The van der Waals surface area contributed by atoms with Crippen LogP contribution in [-0.2, 0) is 74.5 Å². The second kappa shape index (κ2) is 12.6. The van der Waals surface area contributed by atoms with Gasteiger partial charge in [0.1, 0.15) is 0 Å². The van der Waals surface area contributed by atoms with Crippen molar-refractivity contribution >= 4 is 25.2 Å². The number of hydrogen-bond acceptors (Lipinski definition) is 3. The molecule has 4 nitrogen and oxygen atoms in total. The average molecular weight is 562 g/mol. The van der Waals surface area contributed by atoms with Crippen LogP contribution in [0.2, 0.25) is 0 Å². The minimum Gasteiger partial charge on any atom is -0.396 e. The van der Waals surface area contributed by atoms with Gasteiger partial charge in [-0.2, -0.15) is 0 Å². The monoisotopic (exact) mass is 562 g/mol. The Morgan fingerprint density at radius 2 is 1.11 bits per heavy atom. The van der Waals surface area contributed by atoms with E-state index in [0.717, 1.165) is 16.0 Å². The van der Waals surface area contributed by atoms with Crippen molar-refractivity contribution in [1.29, 1.82) is 0 Å². The summed E-state index contributed by atoms with van der Waals surface area (Å²) in [5, 5.41) is 0.155. The van der Waals surface area contributed by atoms with Crippen LogP contribution in [0.15, 0.2) is 101 Å². The van der Waals surface area contributed by atoms with Crippen molar-refractivity contribution in [3.8, 4) is 0 Å². The van der Waals surface area contributed by atoms with Gasteiger partial charge >= 0.3 is 7.82 Å². The fourth-order valence-corrected chi connectivity index (χ4v) is 4.02. The average Bonchev–Trinajstić information content (AvgIpc) is 2.63. The van der Waals surface area contributed by atoms with E-state index in [0.29, 0.717) is 5.57 Å². The molecule has 3 rings (SSSR count). The van der Waals surface area contributed by atoms with E-state index >= 15 is 0 Å². The number of thioether (sulfide) groups is 1. The Kier molecular flexibility index (Phi) is 11.6. The number of hydrogen-bond donors (Lipinski definition) is 2. The van der Waals surface area contributed by atoms with Gasteiger partial charge in [0.05, 0.1) is 0 Å². The Morgan fingerprint density at radius 3 is 1.50 bits per heavy atom. The number of phosphoric ester groups is 1. The zero-order valence-corrected chi connectivity index (χ0v) is 22.3. The Bertz CT molecular complexity index is 891. The molecule has 0 aromatic heterocycles. The number of phosphoric acid groups is 1. The molecule has 0 heterocycles. The maximum atomic E-state index is 11.6. The van der Waals surface area contributed by atoms with Gasteiger partial charge in [-0.05, 0) is 23.3 Å². The molecule has 0 amide bonds. The molecular weight excluding hydrogens is 545 g/mol. The normalized spacial score (nSPS) is 10.2. The molecule has 2 radical (unpaired) electrons. The Hall–Kier alpha value is -0.0922. The largest absolute Gasteiger partial charge is 0.525 e. The third-order valence-electron chi connectivity index (χ3n) is 3.48. The van der Waals surface area contributed by atoms with E-state index in [9.17, 15) is 14.4 Å². The molecule has 0 aliphatic heterocycles. The summed E-state index contributed by atoms with van der Waals surface area (Å²) in [6, 6.07) is 28.2. The van der Waals surface area contributed by atoms with E-state index in [1.165, 1.54) is 11.8 Å². The molecule has 0 atom stereocenters. The van der Waals surface area contributed by atoms with Gasteiger partial charge in [0.2, 0.25) is 0 Å². The quantitative estimate of drug-likeness (QED) is 0.243.